The Bertz CT molecular complexity index is 2840. The minimum atomic E-state index is 1.15. The van der Waals surface area contributed by atoms with Gasteiger partial charge in [0.1, 0.15) is 0 Å². The lowest BCUT2D eigenvalue weighted by Gasteiger charge is -2.11. The molecular formula is C48H32N2. The first-order valence-electron chi connectivity index (χ1n) is 17.2. The minimum Gasteiger partial charge on any atom is -0.309 e. The molecule has 0 saturated carbocycles. The van der Waals surface area contributed by atoms with Gasteiger partial charge in [-0.15, -0.1) is 0 Å². The molecule has 0 radical (unpaired) electrons. The highest BCUT2D eigenvalue weighted by Gasteiger charge is 2.16. The Morgan fingerprint density at radius 2 is 0.660 bits per heavy atom. The van der Waals surface area contributed by atoms with E-state index in [9.17, 15) is 0 Å². The van der Waals surface area contributed by atoms with Crippen molar-refractivity contribution in [1.82, 2.24) is 9.13 Å². The van der Waals surface area contributed by atoms with Gasteiger partial charge in [-0.2, -0.15) is 0 Å². The van der Waals surface area contributed by atoms with Crippen LogP contribution in [-0.4, -0.2) is 9.13 Å². The van der Waals surface area contributed by atoms with E-state index in [1.54, 1.807) is 0 Å². The van der Waals surface area contributed by atoms with Crippen molar-refractivity contribution in [2.45, 2.75) is 0 Å². The van der Waals surface area contributed by atoms with E-state index in [2.05, 4.69) is 203 Å². The van der Waals surface area contributed by atoms with E-state index in [0.717, 1.165) is 5.69 Å². The van der Waals surface area contributed by atoms with E-state index >= 15 is 0 Å². The second-order valence-electron chi connectivity index (χ2n) is 13.0. The largest absolute Gasteiger partial charge is 0.309 e. The van der Waals surface area contributed by atoms with Crippen LogP contribution in [0.4, 0.5) is 0 Å². The summed E-state index contributed by atoms with van der Waals surface area (Å²) in [5, 5.41) is 5.04. The van der Waals surface area contributed by atoms with Crippen LogP contribution in [0.3, 0.4) is 0 Å². The van der Waals surface area contributed by atoms with Gasteiger partial charge < -0.3 is 9.13 Å². The van der Waals surface area contributed by atoms with Gasteiger partial charge in [0.25, 0.3) is 0 Å². The quantitative estimate of drug-likeness (QED) is 0.178. The van der Waals surface area contributed by atoms with Gasteiger partial charge in [0.15, 0.2) is 0 Å². The first kappa shape index (κ1) is 28.4. The Balaban J connectivity index is 1.10. The number of rotatable bonds is 5. The van der Waals surface area contributed by atoms with Crippen molar-refractivity contribution < 1.29 is 0 Å². The summed E-state index contributed by atoms with van der Waals surface area (Å²) in [7, 11) is 0. The molecule has 0 aliphatic rings. The van der Waals surface area contributed by atoms with Crippen molar-refractivity contribution in [2.75, 3.05) is 0 Å². The average molecular weight is 637 g/mol. The number of benzene rings is 8. The zero-order valence-electron chi connectivity index (χ0n) is 27.4. The Morgan fingerprint density at radius 1 is 0.220 bits per heavy atom. The number of aromatic nitrogens is 2. The van der Waals surface area contributed by atoms with Crippen LogP contribution in [-0.2, 0) is 0 Å². The maximum Gasteiger partial charge on any atom is 0.0547 e. The predicted molar refractivity (Wildman–Crippen MR) is 211 cm³/mol. The number of para-hydroxylation sites is 3. The smallest absolute Gasteiger partial charge is 0.0547 e. The summed E-state index contributed by atoms with van der Waals surface area (Å²) in [5.41, 5.74) is 14.5. The van der Waals surface area contributed by atoms with Crippen LogP contribution in [0.1, 0.15) is 0 Å². The fourth-order valence-electron chi connectivity index (χ4n) is 7.75. The van der Waals surface area contributed by atoms with Crippen molar-refractivity contribution in [2.24, 2.45) is 0 Å². The molecule has 10 rings (SSSR count). The highest BCUT2D eigenvalue weighted by atomic mass is 15.0. The first-order chi connectivity index (χ1) is 24.8. The van der Waals surface area contributed by atoms with Gasteiger partial charge in [0.2, 0.25) is 0 Å². The summed E-state index contributed by atoms with van der Waals surface area (Å²) in [5.74, 6) is 0. The molecule has 2 heterocycles. The highest BCUT2D eigenvalue weighted by Crippen LogP contribution is 2.38. The molecule has 0 unspecified atom stereocenters. The zero-order chi connectivity index (χ0) is 33.0. The molecule has 2 nitrogen and oxygen atoms in total. The van der Waals surface area contributed by atoms with E-state index in [4.69, 9.17) is 0 Å². The topological polar surface area (TPSA) is 9.86 Å². The highest BCUT2D eigenvalue weighted by molar-refractivity contribution is 6.12. The Labute approximate surface area is 290 Å². The molecule has 2 heteroatoms. The average Bonchev–Trinajstić information content (AvgIpc) is 3.71. The third kappa shape index (κ3) is 4.57. The van der Waals surface area contributed by atoms with Gasteiger partial charge in [0, 0.05) is 32.9 Å². The first-order valence-corrected chi connectivity index (χ1v) is 17.2. The molecule has 10 aromatic rings. The Kier molecular flexibility index (Phi) is 6.53. The van der Waals surface area contributed by atoms with Crippen molar-refractivity contribution in [3.8, 4) is 44.8 Å². The standard InChI is InChI=1S/C48H32N2/c1-3-12-33(13-4-1)35-14-11-15-36(30-35)34-22-26-40(27-23-34)50-45-20-9-7-18-41(45)43-28-24-38(32-48(43)50)37-25-29-47-44(31-37)42-19-8-10-21-46(42)49(47)39-16-5-2-6-17-39/h1-32H. The van der Waals surface area contributed by atoms with Crippen LogP contribution >= 0.6 is 0 Å². The Morgan fingerprint density at radius 3 is 1.38 bits per heavy atom. The molecule has 234 valence electrons. The number of fused-ring (bicyclic) bond motifs is 6. The van der Waals surface area contributed by atoms with E-state index in [0.29, 0.717) is 0 Å². The summed E-state index contributed by atoms with van der Waals surface area (Å²) in [6, 6.07) is 70.4. The maximum absolute atomic E-state index is 2.41. The number of nitrogens with zero attached hydrogens (tertiary/aromatic N) is 2. The molecule has 2 aromatic heterocycles. The van der Waals surface area contributed by atoms with E-state index in [1.807, 2.05) is 0 Å². The van der Waals surface area contributed by atoms with Crippen molar-refractivity contribution in [3.05, 3.63) is 194 Å². The lowest BCUT2D eigenvalue weighted by molar-refractivity contribution is 1.18. The second-order valence-corrected chi connectivity index (χ2v) is 13.0. The van der Waals surface area contributed by atoms with Crippen LogP contribution in [0.5, 0.6) is 0 Å². The molecule has 8 aromatic carbocycles. The summed E-state index contributed by atoms with van der Waals surface area (Å²) < 4.78 is 4.79. The molecule has 0 N–H and O–H groups in total. The zero-order valence-corrected chi connectivity index (χ0v) is 27.4. The van der Waals surface area contributed by atoms with Gasteiger partial charge in [0.05, 0.1) is 22.1 Å². The fourth-order valence-corrected chi connectivity index (χ4v) is 7.75. The van der Waals surface area contributed by atoms with E-state index in [1.165, 1.54) is 82.7 Å². The third-order valence-corrected chi connectivity index (χ3v) is 10.1. The van der Waals surface area contributed by atoms with Gasteiger partial charge >= 0.3 is 0 Å². The van der Waals surface area contributed by atoms with Gasteiger partial charge in [-0.1, -0.05) is 133 Å². The summed E-state index contributed by atoms with van der Waals surface area (Å²) in [4.78, 5) is 0. The molecule has 0 atom stereocenters. The van der Waals surface area contributed by atoms with Crippen LogP contribution in [0, 0.1) is 0 Å². The number of hydrogen-bond acceptors (Lipinski definition) is 0. The van der Waals surface area contributed by atoms with Crippen molar-refractivity contribution >= 4 is 43.6 Å². The molecule has 0 saturated heterocycles. The van der Waals surface area contributed by atoms with Crippen molar-refractivity contribution in [3.63, 3.8) is 0 Å². The summed E-state index contributed by atoms with van der Waals surface area (Å²) >= 11 is 0. The molecule has 0 amide bonds. The minimum absolute atomic E-state index is 1.15. The molecule has 0 fully saturated rings. The Hall–Kier alpha value is -6.64. The molecule has 0 spiro atoms. The molecule has 50 heavy (non-hydrogen) atoms. The molecule has 0 aliphatic heterocycles. The predicted octanol–water partition coefficient (Wildman–Crippen LogP) is 12.9. The monoisotopic (exact) mass is 636 g/mol. The van der Waals surface area contributed by atoms with E-state index < -0.39 is 0 Å². The summed E-state index contributed by atoms with van der Waals surface area (Å²) in [6.45, 7) is 0. The summed E-state index contributed by atoms with van der Waals surface area (Å²) in [6.07, 6.45) is 0. The molecule has 0 bridgehead atoms. The van der Waals surface area contributed by atoms with Crippen LogP contribution in [0.25, 0.3) is 88.4 Å². The lowest BCUT2D eigenvalue weighted by atomic mass is 9.99. The van der Waals surface area contributed by atoms with Gasteiger partial charge in [-0.25, -0.2) is 0 Å². The van der Waals surface area contributed by atoms with Crippen LogP contribution in [0.15, 0.2) is 194 Å². The fraction of sp³-hybridized carbons (Fsp3) is 0. The molecular weight excluding hydrogens is 605 g/mol. The maximum atomic E-state index is 2.41. The normalized spacial score (nSPS) is 11.6. The SMILES string of the molecule is c1ccc(-c2cccc(-c3ccc(-n4c5ccccc5c5ccc(-c6ccc7c(c6)c6ccccc6n7-c6ccccc6)cc54)cc3)c2)cc1. The molecule has 0 aliphatic carbocycles. The lowest BCUT2D eigenvalue weighted by Crippen LogP contribution is -1.94. The van der Waals surface area contributed by atoms with Gasteiger partial charge in [-0.3, -0.25) is 0 Å². The third-order valence-electron chi connectivity index (χ3n) is 10.1. The van der Waals surface area contributed by atoms with Crippen molar-refractivity contribution in [1.29, 1.82) is 0 Å². The second kappa shape index (κ2) is 11.5. The van der Waals surface area contributed by atoms with Crippen LogP contribution < -0.4 is 0 Å². The van der Waals surface area contributed by atoms with Gasteiger partial charge in [-0.05, 0) is 94.0 Å². The van der Waals surface area contributed by atoms with Crippen LogP contribution in [0.2, 0.25) is 0 Å². The number of hydrogen-bond donors (Lipinski definition) is 0. The van der Waals surface area contributed by atoms with E-state index in [-0.39, 0.29) is 0 Å².